The molecule has 0 bridgehead atoms. The molecule has 108 valence electrons. The Balaban J connectivity index is 1.79. The quantitative estimate of drug-likeness (QED) is 0.802. The van der Waals surface area contributed by atoms with Crippen LogP contribution in [0, 0.1) is 0 Å². The fraction of sp³-hybridized carbons (Fsp3) is 0.214. The molecular weight excluding hydrogens is 290 g/mol. The maximum absolute atomic E-state index is 11.1. The lowest BCUT2D eigenvalue weighted by molar-refractivity contribution is -0.138. The third-order valence-corrected chi connectivity index (χ3v) is 4.48. The number of carbonyl (C=O) groups excluding carboxylic acids is 1. The highest BCUT2D eigenvalue weighted by atomic mass is 32.1. The number of primary amides is 1. The molecule has 21 heavy (non-hydrogen) atoms. The van der Waals surface area contributed by atoms with Gasteiger partial charge in [0, 0.05) is 16.1 Å². The van der Waals surface area contributed by atoms with Crippen LogP contribution >= 0.6 is 11.3 Å². The minimum atomic E-state index is -0.823. The summed E-state index contributed by atoms with van der Waals surface area (Å²) in [5.74, 6) is -1.79. The Bertz CT molecular complexity index is 709. The summed E-state index contributed by atoms with van der Waals surface area (Å²) in [6.45, 7) is 0. The van der Waals surface area contributed by atoms with Crippen LogP contribution in [0.4, 0.5) is 10.8 Å². The Hall–Kier alpha value is -2.41. The molecule has 1 aliphatic carbocycles. The lowest BCUT2D eigenvalue weighted by atomic mass is 10.1. The lowest BCUT2D eigenvalue weighted by Crippen LogP contribution is -2.10. The van der Waals surface area contributed by atoms with Crippen LogP contribution in [0.15, 0.2) is 24.3 Å². The van der Waals surface area contributed by atoms with E-state index in [0.29, 0.717) is 22.8 Å². The van der Waals surface area contributed by atoms with E-state index in [0.717, 1.165) is 17.0 Å². The van der Waals surface area contributed by atoms with Crippen LogP contribution in [0.2, 0.25) is 0 Å². The van der Waals surface area contributed by atoms with Crippen LogP contribution in [0.3, 0.4) is 0 Å². The number of hydrogen-bond donors (Lipinski definition) is 3. The summed E-state index contributed by atoms with van der Waals surface area (Å²) in [4.78, 5) is 27.5. The van der Waals surface area contributed by atoms with E-state index in [1.807, 2.05) is 0 Å². The molecule has 1 atom stereocenters. The van der Waals surface area contributed by atoms with E-state index in [2.05, 4.69) is 10.3 Å². The second kappa shape index (κ2) is 5.17. The molecule has 1 aromatic heterocycles. The first-order valence-corrected chi connectivity index (χ1v) is 7.25. The molecule has 0 aliphatic heterocycles. The number of carboxylic acids is 1. The lowest BCUT2D eigenvalue weighted by Gasteiger charge is -2.04. The molecule has 1 heterocycles. The number of aliphatic carboxylic acids is 1. The topological polar surface area (TPSA) is 105 Å². The molecule has 1 amide bonds. The molecule has 0 fully saturated rings. The number of aryl methyl sites for hydroxylation is 1. The van der Waals surface area contributed by atoms with Crippen molar-refractivity contribution in [3.63, 3.8) is 0 Å². The van der Waals surface area contributed by atoms with E-state index in [1.54, 1.807) is 24.3 Å². The summed E-state index contributed by atoms with van der Waals surface area (Å²) in [5, 5.41) is 12.9. The third-order valence-electron chi connectivity index (χ3n) is 3.44. The minimum absolute atomic E-state index is 0.438. The first-order chi connectivity index (χ1) is 10.0. The number of thiazole rings is 1. The van der Waals surface area contributed by atoms with Crippen molar-refractivity contribution in [1.82, 2.24) is 4.98 Å². The van der Waals surface area contributed by atoms with Crippen molar-refractivity contribution in [1.29, 1.82) is 0 Å². The molecule has 1 aromatic carbocycles. The van der Waals surface area contributed by atoms with E-state index < -0.39 is 17.8 Å². The largest absolute Gasteiger partial charge is 0.481 e. The summed E-state index contributed by atoms with van der Waals surface area (Å²) < 4.78 is 0. The van der Waals surface area contributed by atoms with Gasteiger partial charge >= 0.3 is 5.97 Å². The standard InChI is InChI=1S/C14H13N3O3S/c15-12(18)7-1-3-8(4-2-7)16-14-17-11-9(13(19)20)5-6-10(11)21-14/h1-4,9H,5-6H2,(H2,15,18)(H,16,17)(H,19,20). The summed E-state index contributed by atoms with van der Waals surface area (Å²) in [6, 6.07) is 6.74. The highest BCUT2D eigenvalue weighted by Crippen LogP contribution is 2.39. The number of aromatic nitrogens is 1. The Morgan fingerprint density at radius 2 is 2.05 bits per heavy atom. The second-order valence-corrected chi connectivity index (χ2v) is 5.91. The maximum atomic E-state index is 11.1. The van der Waals surface area contributed by atoms with E-state index >= 15 is 0 Å². The minimum Gasteiger partial charge on any atom is -0.481 e. The molecular formula is C14H13N3O3S. The third kappa shape index (κ3) is 2.59. The summed E-state index contributed by atoms with van der Waals surface area (Å²) in [6.07, 6.45) is 1.38. The van der Waals surface area contributed by atoms with Crippen molar-refractivity contribution in [3.8, 4) is 0 Å². The van der Waals surface area contributed by atoms with E-state index in [1.165, 1.54) is 11.3 Å². The first kappa shape index (κ1) is 13.6. The number of amides is 1. The predicted molar refractivity (Wildman–Crippen MR) is 79.1 cm³/mol. The molecule has 1 aliphatic rings. The van der Waals surface area contributed by atoms with Crippen LogP contribution in [0.5, 0.6) is 0 Å². The van der Waals surface area contributed by atoms with Crippen LogP contribution < -0.4 is 11.1 Å². The zero-order valence-electron chi connectivity index (χ0n) is 11.0. The number of benzene rings is 1. The number of nitrogens with one attached hydrogen (secondary N) is 1. The summed E-state index contributed by atoms with van der Waals surface area (Å²) in [5.41, 5.74) is 7.07. The van der Waals surface area contributed by atoms with Gasteiger partial charge < -0.3 is 16.2 Å². The number of hydrogen-bond acceptors (Lipinski definition) is 5. The van der Waals surface area contributed by atoms with Crippen LogP contribution in [-0.4, -0.2) is 22.0 Å². The van der Waals surface area contributed by atoms with Gasteiger partial charge in [0.2, 0.25) is 5.91 Å². The van der Waals surface area contributed by atoms with Crippen molar-refractivity contribution in [2.75, 3.05) is 5.32 Å². The molecule has 0 saturated carbocycles. The second-order valence-electron chi connectivity index (χ2n) is 4.82. The molecule has 0 saturated heterocycles. The Kier molecular flexibility index (Phi) is 3.34. The fourth-order valence-electron chi connectivity index (χ4n) is 2.36. The first-order valence-electron chi connectivity index (χ1n) is 6.44. The SMILES string of the molecule is NC(=O)c1ccc(Nc2nc3c(s2)CCC3C(=O)O)cc1. The molecule has 4 N–H and O–H groups in total. The molecule has 7 heteroatoms. The maximum Gasteiger partial charge on any atom is 0.312 e. The highest BCUT2D eigenvalue weighted by molar-refractivity contribution is 7.15. The van der Waals surface area contributed by atoms with E-state index in [9.17, 15) is 9.59 Å². The molecule has 1 unspecified atom stereocenters. The summed E-state index contributed by atoms with van der Waals surface area (Å²) >= 11 is 1.47. The van der Waals surface area contributed by atoms with Crippen molar-refractivity contribution in [2.45, 2.75) is 18.8 Å². The van der Waals surface area contributed by atoms with Crippen molar-refractivity contribution >= 4 is 34.0 Å². The average molecular weight is 303 g/mol. The number of fused-ring (bicyclic) bond motifs is 1. The van der Waals surface area contributed by atoms with Crippen LogP contribution in [-0.2, 0) is 11.2 Å². The van der Waals surface area contributed by atoms with Crippen LogP contribution in [0.25, 0.3) is 0 Å². The zero-order chi connectivity index (χ0) is 15.0. The van der Waals surface area contributed by atoms with Crippen molar-refractivity contribution < 1.29 is 14.7 Å². The normalized spacial score (nSPS) is 16.5. The van der Waals surface area contributed by atoms with Crippen molar-refractivity contribution in [3.05, 3.63) is 40.4 Å². The average Bonchev–Trinajstić information content (AvgIpc) is 2.98. The molecule has 0 radical (unpaired) electrons. The molecule has 3 rings (SSSR count). The number of carbonyl (C=O) groups is 2. The monoisotopic (exact) mass is 303 g/mol. The number of anilines is 2. The molecule has 0 spiro atoms. The Morgan fingerprint density at radius 3 is 2.67 bits per heavy atom. The number of carboxylic acid groups (broad SMARTS) is 1. The predicted octanol–water partition coefficient (Wildman–Crippen LogP) is 2.10. The van der Waals surface area contributed by atoms with Gasteiger partial charge in [0.05, 0.1) is 5.69 Å². The van der Waals surface area contributed by atoms with Gasteiger partial charge in [0.1, 0.15) is 5.92 Å². The van der Waals surface area contributed by atoms with E-state index in [4.69, 9.17) is 10.8 Å². The van der Waals surface area contributed by atoms with Gasteiger partial charge in [-0.1, -0.05) is 0 Å². The Labute approximate surface area is 124 Å². The Morgan fingerprint density at radius 1 is 1.33 bits per heavy atom. The number of nitrogens with two attached hydrogens (primary N) is 1. The van der Waals surface area contributed by atoms with Gasteiger partial charge in [-0.15, -0.1) is 11.3 Å². The van der Waals surface area contributed by atoms with Crippen LogP contribution in [0.1, 0.15) is 33.3 Å². The van der Waals surface area contributed by atoms with Gasteiger partial charge in [0.25, 0.3) is 0 Å². The fourth-order valence-corrected chi connectivity index (χ4v) is 3.42. The number of rotatable bonds is 4. The smallest absolute Gasteiger partial charge is 0.312 e. The van der Waals surface area contributed by atoms with Crippen molar-refractivity contribution in [2.24, 2.45) is 5.73 Å². The van der Waals surface area contributed by atoms with E-state index in [-0.39, 0.29) is 0 Å². The van der Waals surface area contributed by atoms with Gasteiger partial charge in [-0.05, 0) is 37.1 Å². The zero-order valence-corrected chi connectivity index (χ0v) is 11.8. The highest BCUT2D eigenvalue weighted by Gasteiger charge is 2.32. The van der Waals surface area contributed by atoms with Gasteiger partial charge in [-0.25, -0.2) is 4.98 Å². The van der Waals surface area contributed by atoms with Gasteiger partial charge in [-0.3, -0.25) is 9.59 Å². The molecule has 6 nitrogen and oxygen atoms in total. The summed E-state index contributed by atoms with van der Waals surface area (Å²) in [7, 11) is 0. The van der Waals surface area contributed by atoms with Gasteiger partial charge in [-0.2, -0.15) is 0 Å². The molecule has 2 aromatic rings. The number of nitrogens with zero attached hydrogens (tertiary/aromatic N) is 1. The van der Waals surface area contributed by atoms with Gasteiger partial charge in [0.15, 0.2) is 5.13 Å².